The molecule has 0 atom stereocenters. The van der Waals surface area contributed by atoms with Gasteiger partial charge in [-0.25, -0.2) is 0 Å². The number of furan rings is 1. The summed E-state index contributed by atoms with van der Waals surface area (Å²) in [5.41, 5.74) is 0.347. The quantitative estimate of drug-likeness (QED) is 0.331. The van der Waals surface area contributed by atoms with Crippen LogP contribution in [0.1, 0.15) is 37.9 Å². The van der Waals surface area contributed by atoms with E-state index in [0.29, 0.717) is 40.2 Å². The van der Waals surface area contributed by atoms with E-state index in [-0.39, 0.29) is 16.8 Å². The predicted molar refractivity (Wildman–Crippen MR) is 117 cm³/mol. The average Bonchev–Trinajstić information content (AvgIpc) is 3.34. The van der Waals surface area contributed by atoms with Crippen molar-refractivity contribution in [3.05, 3.63) is 51.1 Å². The summed E-state index contributed by atoms with van der Waals surface area (Å²) in [6.07, 6.45) is 7.15. The van der Waals surface area contributed by atoms with Crippen LogP contribution in [-0.2, 0) is 4.79 Å². The van der Waals surface area contributed by atoms with Crippen LogP contribution in [0, 0.1) is 16.0 Å². The molecular formula is C22H22N2O6S. The van der Waals surface area contributed by atoms with Gasteiger partial charge in [-0.2, -0.15) is 0 Å². The molecule has 2 aliphatic rings. The maximum atomic E-state index is 12.8. The predicted octanol–water partition coefficient (Wildman–Crippen LogP) is 5.48. The molecular weight excluding hydrogens is 420 g/mol. The van der Waals surface area contributed by atoms with E-state index >= 15 is 0 Å². The number of rotatable bonds is 6. The van der Waals surface area contributed by atoms with Crippen LogP contribution in [0.2, 0.25) is 0 Å². The van der Waals surface area contributed by atoms with Crippen molar-refractivity contribution < 1.29 is 23.7 Å². The van der Waals surface area contributed by atoms with Crippen molar-refractivity contribution in [2.24, 2.45) is 5.92 Å². The highest BCUT2D eigenvalue weighted by Gasteiger charge is 2.36. The number of nitrogens with zero attached hydrogens (tertiary/aromatic N) is 2. The van der Waals surface area contributed by atoms with Gasteiger partial charge in [-0.15, -0.1) is 0 Å². The molecule has 1 saturated carbocycles. The minimum absolute atomic E-state index is 0.0856. The monoisotopic (exact) mass is 442 g/mol. The zero-order valence-electron chi connectivity index (χ0n) is 17.0. The first-order valence-electron chi connectivity index (χ1n) is 10.1. The van der Waals surface area contributed by atoms with Gasteiger partial charge < -0.3 is 9.15 Å². The van der Waals surface area contributed by atoms with Gasteiger partial charge in [-0.05, 0) is 48.7 Å². The maximum absolute atomic E-state index is 12.8. The number of nitro groups is 1. The number of methoxy groups -OCH3 is 1. The fourth-order valence-corrected chi connectivity index (χ4v) is 4.82. The molecule has 2 aromatic rings. The first-order chi connectivity index (χ1) is 15.0. The van der Waals surface area contributed by atoms with Gasteiger partial charge in [-0.1, -0.05) is 19.3 Å². The Kier molecular flexibility index (Phi) is 6.13. The largest absolute Gasteiger partial charge is 0.496 e. The fourth-order valence-electron chi connectivity index (χ4n) is 3.99. The number of imide groups is 1. The van der Waals surface area contributed by atoms with Gasteiger partial charge >= 0.3 is 0 Å². The number of non-ortho nitro benzene ring substituents is 1. The normalized spacial score (nSPS) is 18.7. The SMILES string of the molecule is COc1ccc([N+](=O)[O-])cc1-c1ccc(/C=C2/SC(=O)N(CC3CCCCC3)C2=O)o1. The summed E-state index contributed by atoms with van der Waals surface area (Å²) in [5.74, 6) is 1.25. The number of nitro benzene ring substituents is 1. The summed E-state index contributed by atoms with van der Waals surface area (Å²) in [7, 11) is 1.47. The minimum Gasteiger partial charge on any atom is -0.496 e. The Balaban J connectivity index is 1.55. The summed E-state index contributed by atoms with van der Waals surface area (Å²) >= 11 is 0.909. The van der Waals surface area contributed by atoms with Gasteiger partial charge in [-0.3, -0.25) is 24.6 Å². The number of amides is 2. The zero-order chi connectivity index (χ0) is 22.0. The minimum atomic E-state index is -0.491. The van der Waals surface area contributed by atoms with Crippen LogP contribution in [0.5, 0.6) is 5.75 Å². The highest BCUT2D eigenvalue weighted by Crippen LogP contribution is 2.37. The molecule has 2 fully saturated rings. The number of ether oxygens (including phenoxy) is 1. The van der Waals surface area contributed by atoms with E-state index in [1.165, 1.54) is 36.6 Å². The Bertz CT molecular complexity index is 1050. The molecule has 2 heterocycles. The second-order valence-corrected chi connectivity index (χ2v) is 8.63. The Hall–Kier alpha value is -3.07. The molecule has 0 N–H and O–H groups in total. The summed E-state index contributed by atoms with van der Waals surface area (Å²) in [6.45, 7) is 0.469. The van der Waals surface area contributed by atoms with Gasteiger partial charge in [0.1, 0.15) is 17.3 Å². The van der Waals surface area contributed by atoms with Crippen LogP contribution in [0.3, 0.4) is 0 Å². The Morgan fingerprint density at radius 2 is 2.00 bits per heavy atom. The lowest BCUT2D eigenvalue weighted by Gasteiger charge is -2.25. The number of hydrogen-bond donors (Lipinski definition) is 0. The summed E-state index contributed by atoms with van der Waals surface area (Å²) in [4.78, 5) is 37.4. The fraction of sp³-hybridized carbons (Fsp3) is 0.364. The molecule has 1 aliphatic heterocycles. The van der Waals surface area contributed by atoms with Crippen molar-refractivity contribution in [3.63, 3.8) is 0 Å². The van der Waals surface area contributed by atoms with Gasteiger partial charge in [0.05, 0.1) is 22.5 Å². The van der Waals surface area contributed by atoms with Crippen LogP contribution in [-0.4, -0.2) is 34.6 Å². The summed E-state index contributed by atoms with van der Waals surface area (Å²) < 4.78 is 11.1. The van der Waals surface area contributed by atoms with Crippen molar-refractivity contribution in [2.45, 2.75) is 32.1 Å². The molecule has 8 nitrogen and oxygen atoms in total. The molecule has 1 aliphatic carbocycles. The Morgan fingerprint density at radius 1 is 1.23 bits per heavy atom. The van der Waals surface area contributed by atoms with Crippen LogP contribution in [0.15, 0.2) is 39.7 Å². The standard InChI is InChI=1S/C22H22N2O6S/c1-29-18-9-7-15(24(27)28)11-17(18)19-10-8-16(30-19)12-20-21(25)23(22(26)31-20)13-14-5-3-2-4-6-14/h7-12,14H,2-6,13H2,1H3/b20-12+. The van der Waals surface area contributed by atoms with Crippen LogP contribution in [0.25, 0.3) is 17.4 Å². The van der Waals surface area contributed by atoms with Crippen LogP contribution in [0.4, 0.5) is 10.5 Å². The molecule has 1 aromatic carbocycles. The van der Waals surface area contributed by atoms with Crippen LogP contribution < -0.4 is 4.74 Å². The van der Waals surface area contributed by atoms with E-state index in [1.807, 2.05) is 0 Å². The summed E-state index contributed by atoms with van der Waals surface area (Å²) in [5, 5.41) is 10.9. The first-order valence-corrected chi connectivity index (χ1v) is 11.0. The van der Waals surface area contributed by atoms with E-state index in [2.05, 4.69) is 0 Å². The lowest BCUT2D eigenvalue weighted by atomic mass is 9.89. The molecule has 2 amide bonds. The Labute approximate surface area is 183 Å². The molecule has 4 rings (SSSR count). The number of carbonyl (C=O) groups is 2. The van der Waals surface area contributed by atoms with Gasteiger partial charge in [0.15, 0.2) is 0 Å². The third-order valence-electron chi connectivity index (χ3n) is 5.60. The number of benzene rings is 1. The van der Waals surface area contributed by atoms with E-state index < -0.39 is 4.92 Å². The average molecular weight is 442 g/mol. The molecule has 0 radical (unpaired) electrons. The van der Waals surface area contributed by atoms with Crippen molar-refractivity contribution in [3.8, 4) is 17.1 Å². The molecule has 1 saturated heterocycles. The molecule has 1 aromatic heterocycles. The van der Waals surface area contributed by atoms with E-state index in [0.717, 1.165) is 37.4 Å². The number of carbonyl (C=O) groups excluding carboxylic acids is 2. The lowest BCUT2D eigenvalue weighted by molar-refractivity contribution is -0.384. The van der Waals surface area contributed by atoms with Gasteiger partial charge in [0.2, 0.25) is 0 Å². The third kappa shape index (κ3) is 4.51. The van der Waals surface area contributed by atoms with Crippen molar-refractivity contribution in [2.75, 3.05) is 13.7 Å². The smallest absolute Gasteiger partial charge is 0.293 e. The Morgan fingerprint density at radius 3 is 2.71 bits per heavy atom. The molecule has 31 heavy (non-hydrogen) atoms. The molecule has 0 bridgehead atoms. The number of thioether (sulfide) groups is 1. The first kappa shape index (κ1) is 21.2. The van der Waals surface area contributed by atoms with Crippen molar-refractivity contribution in [1.82, 2.24) is 4.90 Å². The molecule has 0 unspecified atom stereocenters. The third-order valence-corrected chi connectivity index (χ3v) is 6.51. The van der Waals surface area contributed by atoms with Crippen molar-refractivity contribution in [1.29, 1.82) is 0 Å². The molecule has 9 heteroatoms. The van der Waals surface area contributed by atoms with Gasteiger partial charge in [0, 0.05) is 24.8 Å². The second-order valence-electron chi connectivity index (χ2n) is 7.64. The van der Waals surface area contributed by atoms with Crippen molar-refractivity contribution >= 4 is 34.7 Å². The lowest BCUT2D eigenvalue weighted by Crippen LogP contribution is -2.34. The highest BCUT2D eigenvalue weighted by molar-refractivity contribution is 8.18. The van der Waals surface area contributed by atoms with Crippen LogP contribution >= 0.6 is 11.8 Å². The maximum Gasteiger partial charge on any atom is 0.293 e. The van der Waals surface area contributed by atoms with E-state index in [4.69, 9.17) is 9.15 Å². The molecule has 162 valence electrons. The molecule has 0 spiro atoms. The van der Waals surface area contributed by atoms with E-state index in [1.54, 1.807) is 18.2 Å². The summed E-state index contributed by atoms with van der Waals surface area (Å²) in [6, 6.07) is 7.54. The zero-order valence-corrected chi connectivity index (χ0v) is 17.9. The topological polar surface area (TPSA) is 103 Å². The van der Waals surface area contributed by atoms with Gasteiger partial charge in [0.25, 0.3) is 16.8 Å². The highest BCUT2D eigenvalue weighted by atomic mass is 32.2. The second kappa shape index (κ2) is 8.97. The van der Waals surface area contributed by atoms with E-state index in [9.17, 15) is 19.7 Å². The number of hydrogen-bond acceptors (Lipinski definition) is 7.